The van der Waals surface area contributed by atoms with Gasteiger partial charge in [-0.25, -0.2) is 9.18 Å². The van der Waals surface area contributed by atoms with Crippen molar-refractivity contribution in [3.05, 3.63) is 49.3 Å². The summed E-state index contributed by atoms with van der Waals surface area (Å²) in [6.45, 7) is 6.60. The van der Waals surface area contributed by atoms with Crippen molar-refractivity contribution < 1.29 is 19.0 Å². The lowest BCUT2D eigenvalue weighted by molar-refractivity contribution is 0.0986. The molecule has 0 fully saturated rings. The largest absolute Gasteiger partial charge is 0.474 e. The van der Waals surface area contributed by atoms with Gasteiger partial charge in [-0.1, -0.05) is 11.6 Å². The molecule has 0 saturated carbocycles. The maximum Gasteiger partial charge on any atom is 0.352 e. The van der Waals surface area contributed by atoms with Gasteiger partial charge < -0.3 is 9.84 Å². The Kier molecular flexibility index (Phi) is 6.87. The highest BCUT2D eigenvalue weighted by Crippen LogP contribution is 2.28. The number of hydrogen-bond donors (Lipinski definition) is 1. The minimum Gasteiger partial charge on any atom is -0.474 e. The predicted octanol–water partition coefficient (Wildman–Crippen LogP) is 2.71. The summed E-state index contributed by atoms with van der Waals surface area (Å²) in [5.41, 5.74) is -0.139. The van der Waals surface area contributed by atoms with E-state index < -0.39 is 29.7 Å². The summed E-state index contributed by atoms with van der Waals surface area (Å²) >= 11 is 7.26. The van der Waals surface area contributed by atoms with Crippen LogP contribution in [-0.2, 0) is 19.6 Å². The van der Waals surface area contributed by atoms with Gasteiger partial charge in [-0.15, -0.1) is 5.10 Å². The average Bonchev–Trinajstić information content (AvgIpc) is 3.21. The molecule has 0 unspecified atom stereocenters. The minimum atomic E-state index is -0.932. The fourth-order valence-corrected chi connectivity index (χ4v) is 3.91. The number of rotatable bonds is 8. The molecule has 9 nitrogen and oxygen atoms in total. The van der Waals surface area contributed by atoms with Gasteiger partial charge in [-0.05, 0) is 45.3 Å². The Hall–Kier alpha value is -2.63. The molecule has 0 aliphatic rings. The van der Waals surface area contributed by atoms with E-state index in [0.717, 1.165) is 22.3 Å². The van der Waals surface area contributed by atoms with Crippen LogP contribution in [0.1, 0.15) is 47.5 Å². The molecule has 3 rings (SSSR count). The first-order chi connectivity index (χ1) is 14.7. The van der Waals surface area contributed by atoms with Gasteiger partial charge in [0.2, 0.25) is 5.88 Å². The van der Waals surface area contributed by atoms with Crippen molar-refractivity contribution in [2.75, 3.05) is 0 Å². The number of ketones is 1. The second kappa shape index (κ2) is 9.25. The Morgan fingerprint density at radius 3 is 2.65 bits per heavy atom. The predicted molar refractivity (Wildman–Crippen MR) is 113 cm³/mol. The van der Waals surface area contributed by atoms with Gasteiger partial charge in [0.05, 0.1) is 27.3 Å². The minimum absolute atomic E-state index is 0.0652. The van der Waals surface area contributed by atoms with E-state index in [4.69, 9.17) is 16.3 Å². The molecule has 0 amide bonds. The molecule has 0 aliphatic heterocycles. The van der Waals surface area contributed by atoms with Crippen molar-refractivity contribution >= 4 is 28.9 Å². The molecule has 0 saturated heterocycles. The summed E-state index contributed by atoms with van der Waals surface area (Å²) in [5.74, 6) is -1.88. The molecule has 0 bridgehead atoms. The van der Waals surface area contributed by atoms with Crippen LogP contribution >= 0.6 is 23.1 Å². The monoisotopic (exact) mass is 469 g/mol. The number of carbonyl (C=O) groups excluding carboxylic acids is 1. The van der Waals surface area contributed by atoms with E-state index in [1.807, 2.05) is 0 Å². The van der Waals surface area contributed by atoms with Crippen LogP contribution in [0, 0.1) is 12.7 Å². The Labute approximate surface area is 186 Å². The molecule has 12 heteroatoms. The van der Waals surface area contributed by atoms with Crippen LogP contribution in [0.2, 0.25) is 5.02 Å². The third kappa shape index (κ3) is 4.53. The zero-order chi connectivity index (χ0) is 22.9. The smallest absolute Gasteiger partial charge is 0.352 e. The number of aromatic nitrogens is 5. The normalized spacial score (nSPS) is 11.4. The molecule has 0 aliphatic carbocycles. The lowest BCUT2D eigenvalue weighted by Crippen LogP contribution is -2.26. The highest BCUT2D eigenvalue weighted by Gasteiger charge is 2.25. The van der Waals surface area contributed by atoms with E-state index in [1.165, 1.54) is 4.57 Å². The number of aliphatic hydroxyl groups excluding tert-OH is 1. The number of aliphatic hydroxyl groups is 1. The highest BCUT2D eigenvalue weighted by molar-refractivity contribution is 7.06. The molecule has 0 spiro atoms. The summed E-state index contributed by atoms with van der Waals surface area (Å²) in [4.78, 5) is 30.1. The molecular weight excluding hydrogens is 449 g/mol. The number of carbonyl (C=O) groups is 1. The van der Waals surface area contributed by atoms with Crippen LogP contribution in [0.25, 0.3) is 5.82 Å². The first-order valence-corrected chi connectivity index (χ1v) is 10.6. The number of halogens is 2. The van der Waals surface area contributed by atoms with E-state index >= 15 is 0 Å². The standard InChI is InChI=1S/C19H21ClFN5O4S/c1-5-25-15(8-27)23-26(19(25)29)17-12(21)6-11(18(22-17)30-9(2)3)13(28)7-14-16(20)10(4)24-31-14/h6,9,27H,5,7-8H2,1-4H3. The summed E-state index contributed by atoms with van der Waals surface area (Å²) in [5, 5.41) is 13.8. The summed E-state index contributed by atoms with van der Waals surface area (Å²) in [6.07, 6.45) is -0.470. The molecule has 1 N–H and O–H groups in total. The van der Waals surface area contributed by atoms with E-state index in [1.54, 1.807) is 27.7 Å². The fraction of sp³-hybridized carbons (Fsp3) is 0.421. The van der Waals surface area contributed by atoms with E-state index in [9.17, 15) is 19.1 Å². The molecular formula is C19H21ClFN5O4S. The fourth-order valence-electron chi connectivity index (χ4n) is 2.89. The van der Waals surface area contributed by atoms with Crippen LogP contribution in [0.5, 0.6) is 5.88 Å². The maximum absolute atomic E-state index is 15.0. The third-order valence-electron chi connectivity index (χ3n) is 4.34. The Morgan fingerprint density at radius 1 is 1.42 bits per heavy atom. The summed E-state index contributed by atoms with van der Waals surface area (Å²) < 4.78 is 26.7. The van der Waals surface area contributed by atoms with Gasteiger partial charge in [-0.2, -0.15) is 14.0 Å². The molecule has 3 heterocycles. The molecule has 0 aromatic carbocycles. The molecule has 3 aromatic heterocycles. The van der Waals surface area contributed by atoms with Crippen molar-refractivity contribution in [3.63, 3.8) is 0 Å². The van der Waals surface area contributed by atoms with Gasteiger partial charge in [0, 0.05) is 13.0 Å². The van der Waals surface area contributed by atoms with Gasteiger partial charge >= 0.3 is 5.69 Å². The first kappa shape index (κ1) is 23.0. The number of ether oxygens (including phenoxy) is 1. The van der Waals surface area contributed by atoms with Crippen LogP contribution in [0.3, 0.4) is 0 Å². The zero-order valence-electron chi connectivity index (χ0n) is 17.3. The molecule has 31 heavy (non-hydrogen) atoms. The molecule has 3 aromatic rings. The van der Waals surface area contributed by atoms with Crippen molar-refractivity contribution in [1.29, 1.82) is 0 Å². The number of pyridine rings is 1. The molecule has 0 atom stereocenters. The van der Waals surface area contributed by atoms with Gasteiger partial charge in [0.1, 0.15) is 6.61 Å². The van der Waals surface area contributed by atoms with E-state index in [-0.39, 0.29) is 36.3 Å². The maximum atomic E-state index is 15.0. The Bertz CT molecular complexity index is 1190. The van der Waals surface area contributed by atoms with Crippen molar-refractivity contribution in [3.8, 4) is 11.7 Å². The topological polar surface area (TPSA) is 112 Å². The summed E-state index contributed by atoms with van der Waals surface area (Å²) in [6, 6.07) is 0.972. The van der Waals surface area contributed by atoms with Crippen LogP contribution < -0.4 is 10.4 Å². The Balaban J connectivity index is 2.09. The lowest BCUT2D eigenvalue weighted by atomic mass is 10.1. The van der Waals surface area contributed by atoms with E-state index in [0.29, 0.717) is 15.6 Å². The Morgan fingerprint density at radius 2 is 2.13 bits per heavy atom. The molecule has 166 valence electrons. The second-order valence-corrected chi connectivity index (χ2v) is 8.17. The quantitative estimate of drug-likeness (QED) is 0.505. The SMILES string of the molecule is CCn1c(CO)nn(-c2nc(OC(C)C)c(C(=O)Cc3snc(C)c3Cl)cc2F)c1=O. The number of hydrogen-bond acceptors (Lipinski definition) is 8. The van der Waals surface area contributed by atoms with Crippen molar-refractivity contribution in [1.82, 2.24) is 23.7 Å². The highest BCUT2D eigenvalue weighted by atomic mass is 35.5. The second-order valence-electron chi connectivity index (χ2n) is 6.93. The van der Waals surface area contributed by atoms with Crippen molar-refractivity contribution in [2.45, 2.75) is 53.4 Å². The summed E-state index contributed by atoms with van der Waals surface area (Å²) in [7, 11) is 0. The number of nitrogens with zero attached hydrogens (tertiary/aromatic N) is 5. The van der Waals surface area contributed by atoms with Gasteiger partial charge in [-0.3, -0.25) is 9.36 Å². The average molecular weight is 470 g/mol. The van der Waals surface area contributed by atoms with Crippen LogP contribution in [-0.4, -0.2) is 40.7 Å². The van der Waals surface area contributed by atoms with Gasteiger partial charge in [0.15, 0.2) is 23.2 Å². The van der Waals surface area contributed by atoms with Crippen LogP contribution in [0.4, 0.5) is 4.39 Å². The number of aryl methyl sites for hydroxylation is 1. The number of Topliss-reactive ketones (excluding diaryl/α,β-unsaturated/α-hetero) is 1. The van der Waals surface area contributed by atoms with E-state index in [2.05, 4.69) is 14.5 Å². The lowest BCUT2D eigenvalue weighted by Gasteiger charge is -2.14. The van der Waals surface area contributed by atoms with Crippen molar-refractivity contribution in [2.24, 2.45) is 0 Å². The third-order valence-corrected chi connectivity index (χ3v) is 5.89. The molecule has 0 radical (unpaired) electrons. The first-order valence-electron chi connectivity index (χ1n) is 9.48. The van der Waals surface area contributed by atoms with Gasteiger partial charge in [0.25, 0.3) is 0 Å². The van der Waals surface area contributed by atoms with Crippen LogP contribution in [0.15, 0.2) is 10.9 Å². The zero-order valence-corrected chi connectivity index (χ0v) is 18.9.